The van der Waals surface area contributed by atoms with Gasteiger partial charge in [-0.15, -0.1) is 0 Å². The van der Waals surface area contributed by atoms with Crippen molar-refractivity contribution in [1.29, 1.82) is 0 Å². The first-order valence-electron chi connectivity index (χ1n) is 4.65. The quantitative estimate of drug-likeness (QED) is 0.842. The fraction of sp³-hybridized carbons (Fsp3) is 0.200. The number of hydrogen-bond donors (Lipinski definition) is 1. The van der Waals surface area contributed by atoms with Gasteiger partial charge < -0.3 is 0 Å². The number of nitrogens with one attached hydrogen (secondary N) is 1. The van der Waals surface area contributed by atoms with Gasteiger partial charge in [0, 0.05) is 13.0 Å². The minimum Gasteiger partial charge on any atom is -0.291 e. The molecular weight excluding hydrogens is 251 g/mol. The van der Waals surface area contributed by atoms with Crippen LogP contribution in [-0.4, -0.2) is 18.5 Å². The van der Waals surface area contributed by atoms with Crippen LogP contribution in [0, 0.1) is 0 Å². The van der Waals surface area contributed by atoms with Crippen LogP contribution in [0.15, 0.2) is 18.2 Å². The lowest BCUT2D eigenvalue weighted by molar-refractivity contribution is -0.120. The molecule has 16 heavy (non-hydrogen) atoms. The molecule has 0 aliphatic carbocycles. The summed E-state index contributed by atoms with van der Waals surface area (Å²) in [4.78, 5) is 23.9. The number of anilines is 1. The molecule has 84 valence electrons. The maximum Gasteiger partial charge on any atom is 0.328 e. The Labute approximate surface area is 102 Å². The zero-order chi connectivity index (χ0) is 11.7. The van der Waals surface area contributed by atoms with Gasteiger partial charge in [-0.1, -0.05) is 29.3 Å². The molecule has 6 heteroatoms. The molecular formula is C10H8Cl2N2O2. The second kappa shape index (κ2) is 4.31. The number of carbonyl (C=O) groups is 2. The van der Waals surface area contributed by atoms with Gasteiger partial charge in [0.15, 0.2) is 0 Å². The van der Waals surface area contributed by atoms with Gasteiger partial charge in [0.05, 0.1) is 15.7 Å². The van der Waals surface area contributed by atoms with Crippen molar-refractivity contribution in [2.75, 3.05) is 11.4 Å². The van der Waals surface area contributed by atoms with Crippen LogP contribution in [0.25, 0.3) is 0 Å². The molecule has 4 nitrogen and oxygen atoms in total. The van der Waals surface area contributed by atoms with Gasteiger partial charge in [0.2, 0.25) is 5.91 Å². The number of nitrogens with zero attached hydrogens (tertiary/aromatic N) is 1. The smallest absolute Gasteiger partial charge is 0.291 e. The van der Waals surface area contributed by atoms with Crippen molar-refractivity contribution in [3.63, 3.8) is 0 Å². The van der Waals surface area contributed by atoms with Crippen LogP contribution >= 0.6 is 23.2 Å². The van der Waals surface area contributed by atoms with E-state index in [1.165, 1.54) is 4.90 Å². The number of hydrogen-bond acceptors (Lipinski definition) is 2. The van der Waals surface area contributed by atoms with Crippen molar-refractivity contribution in [2.24, 2.45) is 0 Å². The number of urea groups is 1. The average molecular weight is 259 g/mol. The number of rotatable bonds is 1. The van der Waals surface area contributed by atoms with E-state index in [9.17, 15) is 9.59 Å². The summed E-state index contributed by atoms with van der Waals surface area (Å²) in [7, 11) is 0. The molecule has 0 radical (unpaired) electrons. The Balaban J connectivity index is 2.37. The minimum atomic E-state index is -0.494. The first kappa shape index (κ1) is 11.2. The topological polar surface area (TPSA) is 49.4 Å². The Morgan fingerprint density at radius 2 is 1.81 bits per heavy atom. The molecule has 0 unspecified atom stereocenters. The van der Waals surface area contributed by atoms with Crippen molar-refractivity contribution < 1.29 is 9.59 Å². The van der Waals surface area contributed by atoms with Crippen molar-refractivity contribution in [3.8, 4) is 0 Å². The zero-order valence-corrected chi connectivity index (χ0v) is 9.68. The summed E-state index contributed by atoms with van der Waals surface area (Å²) in [5.41, 5.74) is 0.441. The second-order valence-corrected chi connectivity index (χ2v) is 4.14. The van der Waals surface area contributed by atoms with Crippen molar-refractivity contribution in [1.82, 2.24) is 5.32 Å². The highest BCUT2D eigenvalue weighted by molar-refractivity contribution is 6.40. The van der Waals surface area contributed by atoms with E-state index in [0.29, 0.717) is 15.7 Å². The molecule has 1 aromatic carbocycles. The average Bonchev–Trinajstić information content (AvgIpc) is 2.20. The number of para-hydroxylation sites is 1. The Hall–Kier alpha value is -1.26. The van der Waals surface area contributed by atoms with E-state index >= 15 is 0 Å². The van der Waals surface area contributed by atoms with Crippen LogP contribution < -0.4 is 10.2 Å². The summed E-state index contributed by atoms with van der Waals surface area (Å²) in [6.07, 6.45) is 0.243. The standard InChI is InChI=1S/C10H8Cl2N2O2/c11-6-2-1-3-7(12)9(6)14-5-4-8(15)13-10(14)16/h1-3H,4-5H2,(H,13,15,16). The lowest BCUT2D eigenvalue weighted by Crippen LogP contribution is -2.49. The van der Waals surface area contributed by atoms with Gasteiger partial charge >= 0.3 is 6.03 Å². The fourth-order valence-corrected chi connectivity index (χ4v) is 2.13. The molecule has 1 fully saturated rings. The third-order valence-electron chi connectivity index (χ3n) is 2.26. The summed E-state index contributed by atoms with van der Waals surface area (Å²) in [6, 6.07) is 4.49. The zero-order valence-electron chi connectivity index (χ0n) is 8.17. The molecule has 1 aliphatic heterocycles. The first-order chi connectivity index (χ1) is 7.59. The van der Waals surface area contributed by atoms with E-state index in [2.05, 4.69) is 5.32 Å². The molecule has 1 heterocycles. The van der Waals surface area contributed by atoms with E-state index in [1.54, 1.807) is 18.2 Å². The summed E-state index contributed by atoms with van der Waals surface area (Å²) in [5, 5.41) is 2.99. The van der Waals surface area contributed by atoms with Gasteiger partial charge in [0.25, 0.3) is 0 Å². The van der Waals surface area contributed by atoms with Crippen molar-refractivity contribution >= 4 is 40.8 Å². The Kier molecular flexibility index (Phi) is 3.03. The van der Waals surface area contributed by atoms with Gasteiger partial charge in [-0.25, -0.2) is 4.79 Å². The number of carbonyl (C=O) groups excluding carboxylic acids is 2. The summed E-state index contributed by atoms with van der Waals surface area (Å²) in [6.45, 7) is 0.286. The molecule has 2 rings (SSSR count). The van der Waals surface area contributed by atoms with E-state index < -0.39 is 6.03 Å². The Bertz CT molecular complexity index is 442. The molecule has 1 saturated heterocycles. The molecule has 0 aromatic heterocycles. The lowest BCUT2D eigenvalue weighted by Gasteiger charge is -2.27. The normalized spacial score (nSPS) is 16.2. The fourth-order valence-electron chi connectivity index (χ4n) is 1.52. The molecule has 1 N–H and O–H groups in total. The van der Waals surface area contributed by atoms with Gasteiger partial charge in [0.1, 0.15) is 0 Å². The summed E-state index contributed by atoms with van der Waals surface area (Å²) in [5.74, 6) is -0.288. The summed E-state index contributed by atoms with van der Waals surface area (Å²) < 4.78 is 0. The van der Waals surface area contributed by atoms with Crippen molar-refractivity contribution in [3.05, 3.63) is 28.2 Å². The molecule has 3 amide bonds. The predicted molar refractivity (Wildman–Crippen MR) is 62.0 cm³/mol. The van der Waals surface area contributed by atoms with E-state index in [-0.39, 0.29) is 18.9 Å². The largest absolute Gasteiger partial charge is 0.328 e. The maximum absolute atomic E-state index is 11.6. The molecule has 0 saturated carbocycles. The van der Waals surface area contributed by atoms with E-state index in [1.807, 2.05) is 0 Å². The van der Waals surface area contributed by atoms with Gasteiger partial charge in [-0.05, 0) is 12.1 Å². The molecule has 1 aromatic rings. The summed E-state index contributed by atoms with van der Waals surface area (Å²) >= 11 is 11.9. The van der Waals surface area contributed by atoms with Crippen LogP contribution in [0.1, 0.15) is 6.42 Å². The highest BCUT2D eigenvalue weighted by Gasteiger charge is 2.27. The minimum absolute atomic E-state index is 0.243. The van der Waals surface area contributed by atoms with Crippen LogP contribution in [0.5, 0.6) is 0 Å². The molecule has 0 bridgehead atoms. The number of amides is 3. The third-order valence-corrected chi connectivity index (χ3v) is 2.87. The number of halogens is 2. The first-order valence-corrected chi connectivity index (χ1v) is 5.40. The number of benzene rings is 1. The van der Waals surface area contributed by atoms with Gasteiger partial charge in [-0.2, -0.15) is 0 Å². The van der Waals surface area contributed by atoms with Crippen LogP contribution in [0.3, 0.4) is 0 Å². The molecule has 0 atom stereocenters. The van der Waals surface area contributed by atoms with Crippen LogP contribution in [0.2, 0.25) is 10.0 Å². The predicted octanol–water partition coefficient (Wildman–Crippen LogP) is 2.44. The Morgan fingerprint density at radius 1 is 1.19 bits per heavy atom. The monoisotopic (exact) mass is 258 g/mol. The van der Waals surface area contributed by atoms with E-state index in [0.717, 1.165) is 0 Å². The molecule has 0 spiro atoms. The van der Waals surface area contributed by atoms with Gasteiger partial charge in [-0.3, -0.25) is 15.0 Å². The SMILES string of the molecule is O=C1CCN(c2c(Cl)cccc2Cl)C(=O)N1. The maximum atomic E-state index is 11.6. The number of imide groups is 1. The van der Waals surface area contributed by atoms with E-state index in [4.69, 9.17) is 23.2 Å². The highest BCUT2D eigenvalue weighted by atomic mass is 35.5. The van der Waals surface area contributed by atoms with Crippen LogP contribution in [0.4, 0.5) is 10.5 Å². The van der Waals surface area contributed by atoms with Crippen LogP contribution in [-0.2, 0) is 4.79 Å². The molecule has 1 aliphatic rings. The third kappa shape index (κ3) is 1.99. The highest BCUT2D eigenvalue weighted by Crippen LogP contribution is 2.34. The second-order valence-electron chi connectivity index (χ2n) is 3.33. The lowest BCUT2D eigenvalue weighted by atomic mass is 10.2. The Morgan fingerprint density at radius 3 is 2.38 bits per heavy atom. The van der Waals surface area contributed by atoms with Crippen molar-refractivity contribution in [2.45, 2.75) is 6.42 Å².